The molecule has 0 spiro atoms. The average molecular weight is 420 g/mol. The molecule has 7 heteroatoms. The molecule has 2 N–H and O–H groups in total. The third kappa shape index (κ3) is 5.92. The highest BCUT2D eigenvalue weighted by atomic mass is 16.2. The van der Waals surface area contributed by atoms with E-state index in [0.29, 0.717) is 32.5 Å². The van der Waals surface area contributed by atoms with Gasteiger partial charge in [-0.1, -0.05) is 42.5 Å². The van der Waals surface area contributed by atoms with E-state index in [2.05, 4.69) is 20.2 Å². The SMILES string of the molecule is O=C(CN1CCCN(C(=O)CCc2nc3ccccc3[nH]2)CC1)NCc1ccccc1. The number of rotatable bonds is 7. The standard InChI is InChI=1S/C24H29N5O2/c30-23(25-17-19-7-2-1-3-8-19)18-28-13-6-14-29(16-15-28)24(31)12-11-22-26-20-9-4-5-10-21(20)27-22/h1-5,7-10H,6,11-18H2,(H,25,30)(H,26,27). The van der Waals surface area contributed by atoms with Crippen molar-refractivity contribution in [3.63, 3.8) is 0 Å². The van der Waals surface area contributed by atoms with Gasteiger partial charge in [0.15, 0.2) is 0 Å². The third-order valence-electron chi connectivity index (χ3n) is 5.66. The van der Waals surface area contributed by atoms with Crippen LogP contribution in [0.5, 0.6) is 0 Å². The first-order chi connectivity index (χ1) is 15.2. The van der Waals surface area contributed by atoms with E-state index >= 15 is 0 Å². The van der Waals surface area contributed by atoms with Gasteiger partial charge in [0.1, 0.15) is 5.82 Å². The normalized spacial score (nSPS) is 15.0. The summed E-state index contributed by atoms with van der Waals surface area (Å²) in [5.41, 5.74) is 3.02. The summed E-state index contributed by atoms with van der Waals surface area (Å²) in [6.07, 6.45) is 1.93. The molecule has 0 aliphatic carbocycles. The van der Waals surface area contributed by atoms with Crippen LogP contribution in [0.15, 0.2) is 54.6 Å². The van der Waals surface area contributed by atoms with E-state index in [1.807, 2.05) is 59.5 Å². The van der Waals surface area contributed by atoms with Gasteiger partial charge in [-0.2, -0.15) is 0 Å². The Balaban J connectivity index is 1.20. The maximum absolute atomic E-state index is 12.7. The van der Waals surface area contributed by atoms with E-state index in [1.54, 1.807) is 0 Å². The van der Waals surface area contributed by atoms with E-state index < -0.39 is 0 Å². The largest absolute Gasteiger partial charge is 0.351 e. The van der Waals surface area contributed by atoms with Crippen molar-refractivity contribution >= 4 is 22.8 Å². The van der Waals surface area contributed by atoms with Gasteiger partial charge in [0.25, 0.3) is 0 Å². The Bertz CT molecular complexity index is 984. The first kappa shape index (κ1) is 21.1. The molecule has 0 atom stereocenters. The molecule has 1 saturated heterocycles. The molecule has 7 nitrogen and oxygen atoms in total. The maximum atomic E-state index is 12.7. The minimum absolute atomic E-state index is 0.0218. The molecule has 4 rings (SSSR count). The monoisotopic (exact) mass is 419 g/mol. The van der Waals surface area contributed by atoms with Crippen molar-refractivity contribution in [1.82, 2.24) is 25.1 Å². The molecular formula is C24H29N5O2. The zero-order valence-electron chi connectivity index (χ0n) is 17.7. The van der Waals surface area contributed by atoms with Crippen LogP contribution in [0.2, 0.25) is 0 Å². The van der Waals surface area contributed by atoms with Gasteiger partial charge in [0.05, 0.1) is 17.6 Å². The van der Waals surface area contributed by atoms with Crippen LogP contribution < -0.4 is 5.32 Å². The summed E-state index contributed by atoms with van der Waals surface area (Å²) in [5.74, 6) is 1.02. The molecule has 0 unspecified atom stereocenters. The summed E-state index contributed by atoms with van der Waals surface area (Å²) in [7, 11) is 0. The molecule has 0 saturated carbocycles. The van der Waals surface area contributed by atoms with Crippen molar-refractivity contribution in [1.29, 1.82) is 0 Å². The van der Waals surface area contributed by atoms with Crippen LogP contribution in [0.3, 0.4) is 0 Å². The quantitative estimate of drug-likeness (QED) is 0.616. The fourth-order valence-corrected chi connectivity index (χ4v) is 3.94. The minimum atomic E-state index is 0.0218. The summed E-state index contributed by atoms with van der Waals surface area (Å²) >= 11 is 0. The van der Waals surface area contributed by atoms with Crippen molar-refractivity contribution in [2.24, 2.45) is 0 Å². The summed E-state index contributed by atoms with van der Waals surface area (Å²) < 4.78 is 0. The molecule has 31 heavy (non-hydrogen) atoms. The fourth-order valence-electron chi connectivity index (χ4n) is 3.94. The number of benzene rings is 2. The number of aromatic amines is 1. The van der Waals surface area contributed by atoms with E-state index in [4.69, 9.17) is 0 Å². The molecule has 2 aromatic carbocycles. The van der Waals surface area contributed by atoms with Crippen LogP contribution in [0.1, 0.15) is 24.2 Å². The predicted octanol–water partition coefficient (Wildman–Crippen LogP) is 2.35. The van der Waals surface area contributed by atoms with E-state index in [9.17, 15) is 9.59 Å². The average Bonchev–Trinajstić information content (AvgIpc) is 3.07. The lowest BCUT2D eigenvalue weighted by Crippen LogP contribution is -2.40. The summed E-state index contributed by atoms with van der Waals surface area (Å²) in [4.78, 5) is 36.9. The molecule has 2 heterocycles. The number of fused-ring (bicyclic) bond motifs is 1. The van der Waals surface area contributed by atoms with Gasteiger partial charge in [-0.25, -0.2) is 4.98 Å². The number of aromatic nitrogens is 2. The number of H-pyrrole nitrogens is 1. The van der Waals surface area contributed by atoms with Crippen LogP contribution in [0.25, 0.3) is 11.0 Å². The lowest BCUT2D eigenvalue weighted by molar-refractivity contribution is -0.131. The van der Waals surface area contributed by atoms with E-state index in [-0.39, 0.29) is 11.8 Å². The molecule has 0 radical (unpaired) electrons. The predicted molar refractivity (Wildman–Crippen MR) is 120 cm³/mol. The number of nitrogens with one attached hydrogen (secondary N) is 2. The summed E-state index contributed by atoms with van der Waals surface area (Å²) in [6.45, 7) is 3.85. The van der Waals surface area contributed by atoms with Gasteiger partial charge in [0.2, 0.25) is 11.8 Å². The highest BCUT2D eigenvalue weighted by Crippen LogP contribution is 2.12. The van der Waals surface area contributed by atoms with Gasteiger partial charge < -0.3 is 15.2 Å². The summed E-state index contributed by atoms with van der Waals surface area (Å²) in [5, 5.41) is 2.98. The first-order valence-corrected chi connectivity index (χ1v) is 10.9. The second-order valence-electron chi connectivity index (χ2n) is 7.97. The van der Waals surface area contributed by atoms with Gasteiger partial charge in [0, 0.05) is 45.6 Å². The summed E-state index contributed by atoms with van der Waals surface area (Å²) in [6, 6.07) is 17.8. The molecule has 162 valence electrons. The number of hydrogen-bond acceptors (Lipinski definition) is 4. The number of hydrogen-bond donors (Lipinski definition) is 2. The molecule has 3 aromatic rings. The highest BCUT2D eigenvalue weighted by molar-refractivity contribution is 5.78. The third-order valence-corrected chi connectivity index (χ3v) is 5.66. The number of para-hydroxylation sites is 2. The van der Waals surface area contributed by atoms with Crippen molar-refractivity contribution in [3.05, 3.63) is 66.0 Å². The topological polar surface area (TPSA) is 81.3 Å². The molecular weight excluding hydrogens is 390 g/mol. The van der Waals surface area contributed by atoms with Crippen molar-refractivity contribution in [2.75, 3.05) is 32.7 Å². The Hall–Kier alpha value is -3.19. The first-order valence-electron chi connectivity index (χ1n) is 10.9. The zero-order valence-corrected chi connectivity index (χ0v) is 17.7. The van der Waals surface area contributed by atoms with Crippen LogP contribution in [0.4, 0.5) is 0 Å². The number of nitrogens with zero attached hydrogens (tertiary/aromatic N) is 3. The molecule has 0 bridgehead atoms. The smallest absolute Gasteiger partial charge is 0.234 e. The Morgan fingerprint density at radius 1 is 0.968 bits per heavy atom. The zero-order chi connectivity index (χ0) is 21.5. The molecule has 2 amide bonds. The van der Waals surface area contributed by atoms with Crippen LogP contribution in [-0.2, 0) is 22.6 Å². The maximum Gasteiger partial charge on any atom is 0.234 e. The van der Waals surface area contributed by atoms with Gasteiger partial charge in [-0.05, 0) is 24.1 Å². The second kappa shape index (κ2) is 10.2. The molecule has 1 aliphatic heterocycles. The molecule has 1 aromatic heterocycles. The van der Waals surface area contributed by atoms with E-state index in [1.165, 1.54) is 0 Å². The Kier molecular flexibility index (Phi) is 6.94. The number of amides is 2. The van der Waals surface area contributed by atoms with Gasteiger partial charge in [-0.3, -0.25) is 14.5 Å². The minimum Gasteiger partial charge on any atom is -0.351 e. The number of imidazole rings is 1. The lowest BCUT2D eigenvalue weighted by atomic mass is 10.2. The van der Waals surface area contributed by atoms with Crippen LogP contribution in [0, 0.1) is 0 Å². The fraction of sp³-hybridized carbons (Fsp3) is 0.375. The second-order valence-corrected chi connectivity index (χ2v) is 7.97. The Morgan fingerprint density at radius 3 is 2.61 bits per heavy atom. The van der Waals surface area contributed by atoms with Crippen molar-refractivity contribution in [3.8, 4) is 0 Å². The van der Waals surface area contributed by atoms with Crippen molar-refractivity contribution < 1.29 is 9.59 Å². The van der Waals surface area contributed by atoms with Gasteiger partial charge in [-0.15, -0.1) is 0 Å². The van der Waals surface area contributed by atoms with Gasteiger partial charge >= 0.3 is 0 Å². The Labute approximate surface area is 182 Å². The highest BCUT2D eigenvalue weighted by Gasteiger charge is 2.20. The number of aryl methyl sites for hydroxylation is 1. The van der Waals surface area contributed by atoms with Crippen LogP contribution in [-0.4, -0.2) is 64.3 Å². The number of carbonyl (C=O) groups excluding carboxylic acids is 2. The van der Waals surface area contributed by atoms with Crippen molar-refractivity contribution in [2.45, 2.75) is 25.8 Å². The molecule has 1 aliphatic rings. The van der Waals surface area contributed by atoms with Crippen LogP contribution >= 0.6 is 0 Å². The van der Waals surface area contributed by atoms with E-state index in [0.717, 1.165) is 48.5 Å². The Morgan fingerprint density at radius 2 is 1.77 bits per heavy atom. The number of carbonyl (C=O) groups is 2. The molecule has 1 fully saturated rings. The lowest BCUT2D eigenvalue weighted by Gasteiger charge is -2.21.